The van der Waals surface area contributed by atoms with Crippen LogP contribution in [0.4, 0.5) is 11.5 Å². The highest BCUT2D eigenvalue weighted by Gasteiger charge is 2.28. The largest absolute Gasteiger partial charge is 0.492 e. The van der Waals surface area contributed by atoms with Gasteiger partial charge in [-0.05, 0) is 61.4 Å². The van der Waals surface area contributed by atoms with E-state index in [2.05, 4.69) is 49.0 Å². The molecule has 0 radical (unpaired) electrons. The molecule has 5 nitrogen and oxygen atoms in total. The number of aryl methyl sites for hydroxylation is 1. The molecule has 2 aromatic heterocycles. The van der Waals surface area contributed by atoms with Crippen molar-refractivity contribution in [3.8, 4) is 16.9 Å². The summed E-state index contributed by atoms with van der Waals surface area (Å²) in [5.74, 6) is 1.74. The Morgan fingerprint density at radius 3 is 2.42 bits per heavy atom. The van der Waals surface area contributed by atoms with Gasteiger partial charge in [0.2, 0.25) is 0 Å². The minimum absolute atomic E-state index is 0.421. The molecule has 0 saturated carbocycles. The van der Waals surface area contributed by atoms with Gasteiger partial charge < -0.3 is 15.0 Å². The lowest BCUT2D eigenvalue weighted by Gasteiger charge is -2.40. The minimum atomic E-state index is 0.421. The molecule has 1 N–H and O–H groups in total. The number of anilines is 2. The summed E-state index contributed by atoms with van der Waals surface area (Å²) >= 11 is 0. The van der Waals surface area contributed by atoms with Gasteiger partial charge in [0.05, 0.1) is 12.2 Å². The SMILES string of the molecule is CCc1c(C)ncc(-c2ccc(NCCOc3ccccc3)nc2)c1N1CCC(C)(C)CC1. The van der Waals surface area contributed by atoms with Gasteiger partial charge in [-0.15, -0.1) is 0 Å². The highest BCUT2D eigenvalue weighted by molar-refractivity contribution is 5.81. The standard InChI is InChI=1S/C28H36N4O/c1-5-24-21(2)30-20-25(27(24)32-16-13-28(3,4)14-17-32)22-11-12-26(31-19-22)29-15-18-33-23-9-7-6-8-10-23/h6-12,19-20H,5,13-18H2,1-4H3,(H,29,31). The number of nitrogens with zero attached hydrogens (tertiary/aromatic N) is 3. The Labute approximate surface area is 198 Å². The molecule has 4 rings (SSSR count). The molecule has 3 aromatic rings. The van der Waals surface area contributed by atoms with E-state index in [1.54, 1.807) is 0 Å². The fourth-order valence-corrected chi connectivity index (χ4v) is 4.49. The van der Waals surface area contributed by atoms with E-state index >= 15 is 0 Å². The van der Waals surface area contributed by atoms with Crippen molar-refractivity contribution in [3.63, 3.8) is 0 Å². The fourth-order valence-electron chi connectivity index (χ4n) is 4.49. The Morgan fingerprint density at radius 2 is 1.76 bits per heavy atom. The molecule has 3 heterocycles. The quantitative estimate of drug-likeness (QED) is 0.424. The van der Waals surface area contributed by atoms with Crippen LogP contribution in [-0.2, 0) is 6.42 Å². The van der Waals surface area contributed by atoms with Gasteiger partial charge in [-0.3, -0.25) is 4.98 Å². The third-order valence-electron chi connectivity index (χ3n) is 6.65. The molecule has 5 heteroatoms. The first kappa shape index (κ1) is 23.1. The predicted molar refractivity (Wildman–Crippen MR) is 137 cm³/mol. The molecular weight excluding hydrogens is 408 g/mol. The molecule has 33 heavy (non-hydrogen) atoms. The van der Waals surface area contributed by atoms with Crippen LogP contribution in [-0.4, -0.2) is 36.2 Å². The van der Waals surface area contributed by atoms with Gasteiger partial charge in [-0.1, -0.05) is 39.0 Å². The van der Waals surface area contributed by atoms with E-state index in [-0.39, 0.29) is 0 Å². The first-order chi connectivity index (χ1) is 16.0. The van der Waals surface area contributed by atoms with Crippen LogP contribution in [0.5, 0.6) is 5.75 Å². The van der Waals surface area contributed by atoms with Crippen molar-refractivity contribution in [1.82, 2.24) is 9.97 Å². The van der Waals surface area contributed by atoms with E-state index in [0.717, 1.165) is 42.3 Å². The van der Waals surface area contributed by atoms with Crippen LogP contribution in [0.25, 0.3) is 11.1 Å². The number of hydrogen-bond acceptors (Lipinski definition) is 5. The lowest BCUT2D eigenvalue weighted by molar-refractivity contribution is 0.279. The van der Waals surface area contributed by atoms with Crippen LogP contribution in [0, 0.1) is 12.3 Å². The Morgan fingerprint density at radius 1 is 1.00 bits per heavy atom. The molecule has 1 saturated heterocycles. The Bertz CT molecular complexity index is 1040. The van der Waals surface area contributed by atoms with Gasteiger partial charge in [0.1, 0.15) is 18.2 Å². The number of hydrogen-bond donors (Lipinski definition) is 1. The smallest absolute Gasteiger partial charge is 0.126 e. The molecule has 0 aliphatic carbocycles. The molecule has 0 atom stereocenters. The number of aromatic nitrogens is 2. The number of nitrogens with one attached hydrogen (secondary N) is 1. The van der Waals surface area contributed by atoms with Crippen molar-refractivity contribution in [1.29, 1.82) is 0 Å². The topological polar surface area (TPSA) is 50.3 Å². The second-order valence-electron chi connectivity index (χ2n) is 9.61. The molecule has 1 fully saturated rings. The van der Waals surface area contributed by atoms with Crippen molar-refractivity contribution in [2.45, 2.75) is 47.0 Å². The van der Waals surface area contributed by atoms with Gasteiger partial charge >= 0.3 is 0 Å². The maximum absolute atomic E-state index is 5.75. The average Bonchev–Trinajstić information content (AvgIpc) is 2.83. The molecule has 0 spiro atoms. The van der Waals surface area contributed by atoms with Crippen LogP contribution in [0.3, 0.4) is 0 Å². The van der Waals surface area contributed by atoms with Gasteiger partial charge in [-0.2, -0.15) is 0 Å². The van der Waals surface area contributed by atoms with Crippen LogP contribution in [0.2, 0.25) is 0 Å². The molecule has 0 unspecified atom stereocenters. The predicted octanol–water partition coefficient (Wildman–Crippen LogP) is 6.13. The average molecular weight is 445 g/mol. The van der Waals surface area contributed by atoms with E-state index in [1.807, 2.05) is 48.8 Å². The number of rotatable bonds is 8. The Balaban J connectivity index is 1.48. The Hall–Kier alpha value is -3.08. The first-order valence-corrected chi connectivity index (χ1v) is 12.1. The molecule has 0 bridgehead atoms. The number of benzene rings is 1. The van der Waals surface area contributed by atoms with Crippen molar-refractivity contribution >= 4 is 11.5 Å². The monoisotopic (exact) mass is 444 g/mol. The summed E-state index contributed by atoms with van der Waals surface area (Å²) in [5.41, 5.74) is 6.55. The van der Waals surface area contributed by atoms with Gasteiger partial charge in [0.15, 0.2) is 0 Å². The van der Waals surface area contributed by atoms with Crippen LogP contribution in [0.15, 0.2) is 54.9 Å². The molecule has 1 aliphatic heterocycles. The maximum atomic E-state index is 5.75. The second kappa shape index (κ2) is 10.2. The van der Waals surface area contributed by atoms with E-state index in [0.29, 0.717) is 18.6 Å². The van der Waals surface area contributed by atoms with Crippen molar-refractivity contribution < 1.29 is 4.74 Å². The minimum Gasteiger partial charge on any atom is -0.492 e. The van der Waals surface area contributed by atoms with E-state index in [4.69, 9.17) is 9.72 Å². The zero-order chi connectivity index (χ0) is 23.3. The highest BCUT2D eigenvalue weighted by Crippen LogP contribution is 2.39. The first-order valence-electron chi connectivity index (χ1n) is 12.1. The number of para-hydroxylation sites is 1. The van der Waals surface area contributed by atoms with Crippen LogP contribution >= 0.6 is 0 Å². The zero-order valence-corrected chi connectivity index (χ0v) is 20.4. The lowest BCUT2D eigenvalue weighted by Crippen LogP contribution is -2.38. The van der Waals surface area contributed by atoms with Gasteiger partial charge in [-0.25, -0.2) is 4.98 Å². The van der Waals surface area contributed by atoms with E-state index in [9.17, 15) is 0 Å². The summed E-state index contributed by atoms with van der Waals surface area (Å²) in [6.45, 7) is 12.6. The molecule has 0 amide bonds. The van der Waals surface area contributed by atoms with Gasteiger partial charge in [0, 0.05) is 42.3 Å². The van der Waals surface area contributed by atoms with Crippen molar-refractivity contribution in [2.24, 2.45) is 5.41 Å². The van der Waals surface area contributed by atoms with Crippen molar-refractivity contribution in [3.05, 3.63) is 66.1 Å². The molecule has 174 valence electrons. The van der Waals surface area contributed by atoms with E-state index in [1.165, 1.54) is 29.7 Å². The molecule has 1 aliphatic rings. The fraction of sp³-hybridized carbons (Fsp3) is 0.429. The molecule has 1 aromatic carbocycles. The van der Waals surface area contributed by atoms with Crippen molar-refractivity contribution in [2.75, 3.05) is 36.5 Å². The zero-order valence-electron chi connectivity index (χ0n) is 20.4. The number of ether oxygens (including phenoxy) is 1. The van der Waals surface area contributed by atoms with Gasteiger partial charge in [0.25, 0.3) is 0 Å². The second-order valence-corrected chi connectivity index (χ2v) is 9.61. The Kier molecular flexibility index (Phi) is 7.17. The normalized spacial score (nSPS) is 15.3. The molecular formula is C28H36N4O. The van der Waals surface area contributed by atoms with Crippen LogP contribution in [0.1, 0.15) is 44.9 Å². The third kappa shape index (κ3) is 5.65. The van der Waals surface area contributed by atoms with Crippen LogP contribution < -0.4 is 15.0 Å². The summed E-state index contributed by atoms with van der Waals surface area (Å²) < 4.78 is 5.75. The highest BCUT2D eigenvalue weighted by atomic mass is 16.5. The maximum Gasteiger partial charge on any atom is 0.126 e. The van der Waals surface area contributed by atoms with E-state index < -0.39 is 0 Å². The summed E-state index contributed by atoms with van der Waals surface area (Å²) in [6.07, 6.45) is 7.40. The summed E-state index contributed by atoms with van der Waals surface area (Å²) in [4.78, 5) is 12.0. The third-order valence-corrected chi connectivity index (χ3v) is 6.65. The number of pyridine rings is 2. The summed E-state index contributed by atoms with van der Waals surface area (Å²) in [5, 5.41) is 3.35. The lowest BCUT2D eigenvalue weighted by atomic mass is 9.82. The summed E-state index contributed by atoms with van der Waals surface area (Å²) in [6, 6.07) is 14.1. The summed E-state index contributed by atoms with van der Waals surface area (Å²) in [7, 11) is 0. The number of piperidine rings is 1.